The van der Waals surface area contributed by atoms with E-state index < -0.39 is 0 Å². The maximum atomic E-state index is 12.4. The lowest BCUT2D eigenvalue weighted by Crippen LogP contribution is -2.15. The number of amides is 2. The number of nitrogens with one attached hydrogen (secondary N) is 2. The van der Waals surface area contributed by atoms with Crippen LogP contribution < -0.4 is 10.6 Å². The summed E-state index contributed by atoms with van der Waals surface area (Å²) in [6.07, 6.45) is 0. The molecule has 0 bridgehead atoms. The van der Waals surface area contributed by atoms with Gasteiger partial charge in [0.25, 0.3) is 5.91 Å². The number of benzene rings is 2. The van der Waals surface area contributed by atoms with Crippen LogP contribution in [0.25, 0.3) is 0 Å². The molecule has 2 aromatic carbocycles. The highest BCUT2D eigenvalue weighted by molar-refractivity contribution is 7.98. The van der Waals surface area contributed by atoms with E-state index in [9.17, 15) is 9.59 Å². The quantitative estimate of drug-likeness (QED) is 0.775. The fourth-order valence-electron chi connectivity index (χ4n) is 2.09. The van der Waals surface area contributed by atoms with E-state index in [2.05, 4.69) is 17.6 Å². The number of hydrogen-bond acceptors (Lipinski definition) is 3. The maximum absolute atomic E-state index is 12.4. The molecule has 0 aliphatic heterocycles. The van der Waals surface area contributed by atoms with E-state index in [-0.39, 0.29) is 11.8 Å². The fourth-order valence-corrected chi connectivity index (χ4v) is 2.89. The van der Waals surface area contributed by atoms with Crippen molar-refractivity contribution in [1.29, 1.82) is 0 Å². The Labute approximate surface area is 151 Å². The summed E-state index contributed by atoms with van der Waals surface area (Å²) in [4.78, 5) is 23.7. The van der Waals surface area contributed by atoms with Crippen LogP contribution in [0.2, 0.25) is 5.02 Å². The van der Waals surface area contributed by atoms with Gasteiger partial charge in [0.05, 0.1) is 11.4 Å². The Hall–Kier alpha value is -1.98. The summed E-state index contributed by atoms with van der Waals surface area (Å²) in [5.74, 6) is 1.52. The number of rotatable bonds is 6. The van der Waals surface area contributed by atoms with Crippen molar-refractivity contribution in [2.75, 3.05) is 16.4 Å². The molecule has 0 saturated heterocycles. The Kier molecular flexibility index (Phi) is 6.70. The van der Waals surface area contributed by atoms with Crippen molar-refractivity contribution in [3.05, 3.63) is 58.6 Å². The van der Waals surface area contributed by atoms with Crippen LogP contribution in [-0.4, -0.2) is 17.6 Å². The molecule has 6 heteroatoms. The minimum atomic E-state index is -0.251. The standard InChI is InChI=1S/C18H19ClN2O2S/c1-3-24-11-13-4-6-14(7-5-13)18(23)21-17-10-15(19)8-9-16(17)20-12(2)22/h4-10H,3,11H2,1-2H3,(H,20,22)(H,21,23). The normalized spacial score (nSPS) is 10.3. The molecule has 0 unspecified atom stereocenters. The SMILES string of the molecule is CCSCc1ccc(C(=O)Nc2cc(Cl)ccc2NC(C)=O)cc1. The summed E-state index contributed by atoms with van der Waals surface area (Å²) in [5.41, 5.74) is 2.71. The van der Waals surface area contributed by atoms with E-state index in [1.165, 1.54) is 12.5 Å². The predicted octanol–water partition coefficient (Wildman–Crippen LogP) is 4.80. The van der Waals surface area contributed by atoms with Crippen molar-refractivity contribution in [2.24, 2.45) is 0 Å². The van der Waals surface area contributed by atoms with E-state index in [1.54, 1.807) is 30.3 Å². The molecule has 0 radical (unpaired) electrons. The molecule has 0 aliphatic carbocycles. The molecule has 2 amide bonds. The first-order chi connectivity index (χ1) is 11.5. The summed E-state index contributed by atoms with van der Waals surface area (Å²) in [7, 11) is 0. The van der Waals surface area contributed by atoms with Gasteiger partial charge in [0.1, 0.15) is 0 Å². The Morgan fingerprint density at radius 1 is 1.04 bits per heavy atom. The van der Waals surface area contributed by atoms with Crippen molar-refractivity contribution in [3.63, 3.8) is 0 Å². The summed E-state index contributed by atoms with van der Waals surface area (Å²) >= 11 is 7.82. The van der Waals surface area contributed by atoms with Crippen molar-refractivity contribution in [3.8, 4) is 0 Å². The number of carbonyl (C=O) groups is 2. The van der Waals surface area contributed by atoms with Gasteiger partial charge in [0.2, 0.25) is 5.91 Å². The summed E-state index contributed by atoms with van der Waals surface area (Å²) in [6, 6.07) is 12.4. The van der Waals surface area contributed by atoms with E-state index in [0.29, 0.717) is 22.0 Å². The van der Waals surface area contributed by atoms with E-state index >= 15 is 0 Å². The zero-order chi connectivity index (χ0) is 17.5. The van der Waals surface area contributed by atoms with Gasteiger partial charge in [-0.3, -0.25) is 9.59 Å². The second-order valence-electron chi connectivity index (χ2n) is 5.16. The maximum Gasteiger partial charge on any atom is 0.255 e. The third-order valence-corrected chi connectivity index (χ3v) is 4.41. The molecular weight excluding hydrogens is 344 g/mol. The molecule has 0 aliphatic rings. The van der Waals surface area contributed by atoms with Crippen LogP contribution in [0.4, 0.5) is 11.4 Å². The van der Waals surface area contributed by atoms with Gasteiger partial charge in [-0.05, 0) is 41.6 Å². The van der Waals surface area contributed by atoms with Gasteiger partial charge in [-0.15, -0.1) is 0 Å². The first-order valence-corrected chi connectivity index (χ1v) is 9.08. The lowest BCUT2D eigenvalue weighted by atomic mass is 10.1. The van der Waals surface area contributed by atoms with E-state index in [1.807, 2.05) is 23.9 Å². The second-order valence-corrected chi connectivity index (χ2v) is 6.87. The first kappa shape index (κ1) is 18.4. The van der Waals surface area contributed by atoms with E-state index in [0.717, 1.165) is 11.5 Å². The lowest BCUT2D eigenvalue weighted by molar-refractivity contribution is -0.114. The molecule has 0 atom stereocenters. The molecule has 0 spiro atoms. The van der Waals surface area contributed by atoms with Crippen molar-refractivity contribution >= 4 is 46.6 Å². The van der Waals surface area contributed by atoms with Crippen molar-refractivity contribution in [2.45, 2.75) is 19.6 Å². The molecule has 2 rings (SSSR count). The zero-order valence-corrected chi connectivity index (χ0v) is 15.1. The fraction of sp³-hybridized carbons (Fsp3) is 0.222. The van der Waals surface area contributed by atoms with Crippen LogP contribution in [0.5, 0.6) is 0 Å². The summed E-state index contributed by atoms with van der Waals surface area (Å²) in [5, 5.41) is 5.95. The largest absolute Gasteiger partial charge is 0.325 e. The highest BCUT2D eigenvalue weighted by Crippen LogP contribution is 2.26. The smallest absolute Gasteiger partial charge is 0.255 e. The van der Waals surface area contributed by atoms with Gasteiger partial charge in [0.15, 0.2) is 0 Å². The third-order valence-electron chi connectivity index (χ3n) is 3.23. The molecule has 2 aromatic rings. The average molecular weight is 363 g/mol. The van der Waals surface area contributed by atoms with Gasteiger partial charge in [0, 0.05) is 23.3 Å². The number of halogens is 1. The number of hydrogen-bond donors (Lipinski definition) is 2. The Morgan fingerprint density at radius 3 is 2.38 bits per heavy atom. The molecule has 24 heavy (non-hydrogen) atoms. The number of carbonyl (C=O) groups excluding carboxylic acids is 2. The molecule has 0 saturated carbocycles. The Balaban J connectivity index is 2.14. The van der Waals surface area contributed by atoms with Crippen LogP contribution in [0.3, 0.4) is 0 Å². The van der Waals surface area contributed by atoms with Crippen LogP contribution in [0.1, 0.15) is 29.8 Å². The summed E-state index contributed by atoms with van der Waals surface area (Å²) < 4.78 is 0. The minimum absolute atomic E-state index is 0.217. The third kappa shape index (κ3) is 5.28. The second kappa shape index (κ2) is 8.76. The van der Waals surface area contributed by atoms with Gasteiger partial charge < -0.3 is 10.6 Å². The Bertz CT molecular complexity index is 732. The molecule has 0 heterocycles. The monoisotopic (exact) mass is 362 g/mol. The first-order valence-electron chi connectivity index (χ1n) is 7.54. The molecule has 4 nitrogen and oxygen atoms in total. The van der Waals surface area contributed by atoms with Gasteiger partial charge >= 0.3 is 0 Å². The van der Waals surface area contributed by atoms with Crippen LogP contribution in [0, 0.1) is 0 Å². The van der Waals surface area contributed by atoms with Crippen LogP contribution in [0.15, 0.2) is 42.5 Å². The number of anilines is 2. The lowest BCUT2D eigenvalue weighted by Gasteiger charge is -2.12. The zero-order valence-electron chi connectivity index (χ0n) is 13.6. The molecule has 0 fully saturated rings. The van der Waals surface area contributed by atoms with Crippen LogP contribution >= 0.6 is 23.4 Å². The topological polar surface area (TPSA) is 58.2 Å². The number of thioether (sulfide) groups is 1. The van der Waals surface area contributed by atoms with Gasteiger partial charge in [-0.2, -0.15) is 11.8 Å². The van der Waals surface area contributed by atoms with E-state index in [4.69, 9.17) is 11.6 Å². The molecule has 0 aromatic heterocycles. The molecule has 126 valence electrons. The Morgan fingerprint density at radius 2 is 1.75 bits per heavy atom. The summed E-state index contributed by atoms with van der Waals surface area (Å²) in [6.45, 7) is 3.53. The van der Waals surface area contributed by atoms with Crippen molar-refractivity contribution < 1.29 is 9.59 Å². The average Bonchev–Trinajstić information content (AvgIpc) is 2.55. The highest BCUT2D eigenvalue weighted by atomic mass is 35.5. The van der Waals surface area contributed by atoms with Crippen LogP contribution in [-0.2, 0) is 10.5 Å². The highest BCUT2D eigenvalue weighted by Gasteiger charge is 2.11. The predicted molar refractivity (Wildman–Crippen MR) is 102 cm³/mol. The van der Waals surface area contributed by atoms with Crippen molar-refractivity contribution in [1.82, 2.24) is 0 Å². The minimum Gasteiger partial charge on any atom is -0.325 e. The molecular formula is C18H19ClN2O2S. The molecule has 2 N–H and O–H groups in total. The van der Waals surface area contributed by atoms with Gasteiger partial charge in [-0.1, -0.05) is 30.7 Å². The van der Waals surface area contributed by atoms with Gasteiger partial charge in [-0.25, -0.2) is 0 Å².